The van der Waals surface area contributed by atoms with Crippen LogP contribution in [0.3, 0.4) is 0 Å². The molecule has 2 aliphatic rings. The molecule has 2 aromatic rings. The molecule has 2 aromatic heterocycles. The molecule has 2 amide bonds. The Morgan fingerprint density at radius 2 is 2.12 bits per heavy atom. The first-order valence-electron chi connectivity index (χ1n) is 9.07. The Bertz CT molecular complexity index is 710. The molecule has 0 bridgehead atoms. The van der Waals surface area contributed by atoms with Crippen LogP contribution in [0, 0.1) is 5.92 Å². The molecule has 6 heteroatoms. The van der Waals surface area contributed by atoms with Crippen molar-refractivity contribution in [2.24, 2.45) is 5.92 Å². The molecule has 4 heterocycles. The highest BCUT2D eigenvalue weighted by atomic mass is 16.3. The third-order valence-corrected chi connectivity index (χ3v) is 5.09. The van der Waals surface area contributed by atoms with E-state index in [1.54, 1.807) is 12.5 Å². The number of carbonyl (C=O) groups excluding carboxylic acids is 1. The van der Waals surface area contributed by atoms with E-state index >= 15 is 0 Å². The predicted octanol–water partition coefficient (Wildman–Crippen LogP) is 3.29. The number of nitrogens with one attached hydrogen (secondary N) is 1. The fourth-order valence-electron chi connectivity index (χ4n) is 3.81. The minimum Gasteiger partial charge on any atom is -0.463 e. The van der Waals surface area contributed by atoms with Crippen molar-refractivity contribution in [3.8, 4) is 11.5 Å². The molecule has 0 aromatic carbocycles. The summed E-state index contributed by atoms with van der Waals surface area (Å²) in [5.41, 5.74) is 1.35. The summed E-state index contributed by atoms with van der Waals surface area (Å²) in [4.78, 5) is 21.5. The third kappa shape index (κ3) is 3.69. The highest BCUT2D eigenvalue weighted by molar-refractivity contribution is 5.93. The van der Waals surface area contributed by atoms with Gasteiger partial charge in [-0.15, -0.1) is 0 Å². The smallest absolute Gasteiger partial charge is 0.321 e. The van der Waals surface area contributed by atoms with Crippen molar-refractivity contribution in [1.29, 1.82) is 0 Å². The monoisotopic (exact) mass is 340 g/mol. The molecule has 0 radical (unpaired) electrons. The molecule has 132 valence electrons. The second-order valence-corrected chi connectivity index (χ2v) is 6.92. The number of hydrogen-bond donors (Lipinski definition) is 1. The summed E-state index contributed by atoms with van der Waals surface area (Å²) in [5.74, 6) is 1.24. The number of carbonyl (C=O) groups is 1. The van der Waals surface area contributed by atoms with E-state index in [4.69, 9.17) is 4.42 Å². The summed E-state index contributed by atoms with van der Waals surface area (Å²) in [7, 11) is 0. The van der Waals surface area contributed by atoms with E-state index in [1.807, 2.05) is 29.2 Å². The Kier molecular flexibility index (Phi) is 4.70. The molecule has 25 heavy (non-hydrogen) atoms. The second kappa shape index (κ2) is 7.27. The first-order valence-corrected chi connectivity index (χ1v) is 9.07. The van der Waals surface area contributed by atoms with Crippen molar-refractivity contribution >= 4 is 11.7 Å². The SMILES string of the molecule is O=C(Nc1cccnc1-c1ccco1)N1CC[C@@H](CN2CCCC2)C1. The lowest BCUT2D eigenvalue weighted by Gasteiger charge is -2.21. The number of furan rings is 1. The van der Waals surface area contributed by atoms with Gasteiger partial charge in [0, 0.05) is 25.8 Å². The molecule has 2 fully saturated rings. The molecule has 4 rings (SSSR count). The molecule has 1 atom stereocenters. The first-order chi connectivity index (χ1) is 12.3. The summed E-state index contributed by atoms with van der Waals surface area (Å²) in [6.45, 7) is 5.20. The molecule has 2 aliphatic heterocycles. The Morgan fingerprint density at radius 3 is 2.92 bits per heavy atom. The van der Waals surface area contributed by atoms with Crippen molar-refractivity contribution < 1.29 is 9.21 Å². The number of amides is 2. The maximum atomic E-state index is 12.7. The van der Waals surface area contributed by atoms with Crippen LogP contribution in [0.15, 0.2) is 41.1 Å². The molecular formula is C19H24N4O2. The van der Waals surface area contributed by atoms with Crippen molar-refractivity contribution in [1.82, 2.24) is 14.8 Å². The number of nitrogens with zero attached hydrogens (tertiary/aromatic N) is 3. The van der Waals surface area contributed by atoms with Gasteiger partial charge in [0.2, 0.25) is 0 Å². The molecule has 0 unspecified atom stereocenters. The van der Waals surface area contributed by atoms with Crippen LogP contribution in [0.5, 0.6) is 0 Å². The van der Waals surface area contributed by atoms with E-state index in [0.29, 0.717) is 23.1 Å². The Morgan fingerprint density at radius 1 is 1.24 bits per heavy atom. The fourth-order valence-corrected chi connectivity index (χ4v) is 3.81. The minimum atomic E-state index is -0.0512. The van der Waals surface area contributed by atoms with Gasteiger partial charge in [0.25, 0.3) is 0 Å². The van der Waals surface area contributed by atoms with Crippen LogP contribution in [0.25, 0.3) is 11.5 Å². The number of pyridine rings is 1. The topological polar surface area (TPSA) is 61.6 Å². The van der Waals surface area contributed by atoms with Crippen molar-refractivity contribution in [3.05, 3.63) is 36.7 Å². The molecule has 2 saturated heterocycles. The summed E-state index contributed by atoms with van der Waals surface area (Å²) < 4.78 is 5.43. The lowest BCUT2D eigenvalue weighted by Crippen LogP contribution is -2.35. The highest BCUT2D eigenvalue weighted by Gasteiger charge is 2.28. The largest absolute Gasteiger partial charge is 0.463 e. The third-order valence-electron chi connectivity index (χ3n) is 5.09. The Balaban J connectivity index is 1.38. The summed E-state index contributed by atoms with van der Waals surface area (Å²) in [6.07, 6.45) is 7.03. The van der Waals surface area contributed by atoms with Gasteiger partial charge in [0.05, 0.1) is 12.0 Å². The lowest BCUT2D eigenvalue weighted by atomic mass is 10.1. The second-order valence-electron chi connectivity index (χ2n) is 6.92. The van der Waals surface area contributed by atoms with Gasteiger partial charge in [-0.3, -0.25) is 4.98 Å². The van der Waals surface area contributed by atoms with E-state index in [0.717, 1.165) is 26.1 Å². The molecule has 0 spiro atoms. The first kappa shape index (κ1) is 16.1. The highest BCUT2D eigenvalue weighted by Crippen LogP contribution is 2.27. The zero-order valence-corrected chi connectivity index (χ0v) is 14.4. The van der Waals surface area contributed by atoms with Crippen LogP contribution in [0.1, 0.15) is 19.3 Å². The number of anilines is 1. The van der Waals surface area contributed by atoms with Crippen LogP contribution in [0.2, 0.25) is 0 Å². The van der Waals surface area contributed by atoms with E-state index in [2.05, 4.69) is 15.2 Å². The van der Waals surface area contributed by atoms with Crippen LogP contribution in [-0.4, -0.2) is 53.5 Å². The molecule has 6 nitrogen and oxygen atoms in total. The van der Waals surface area contributed by atoms with E-state index in [-0.39, 0.29) is 6.03 Å². The Labute approximate surface area is 147 Å². The van der Waals surface area contributed by atoms with E-state index < -0.39 is 0 Å². The van der Waals surface area contributed by atoms with Gasteiger partial charge in [0.1, 0.15) is 5.69 Å². The number of aromatic nitrogens is 1. The van der Waals surface area contributed by atoms with Gasteiger partial charge in [-0.05, 0) is 62.5 Å². The number of urea groups is 1. The predicted molar refractivity (Wildman–Crippen MR) is 96.3 cm³/mol. The van der Waals surface area contributed by atoms with Gasteiger partial charge in [-0.1, -0.05) is 0 Å². The molecule has 0 saturated carbocycles. The number of rotatable bonds is 4. The molecular weight excluding hydrogens is 316 g/mol. The maximum Gasteiger partial charge on any atom is 0.321 e. The maximum absolute atomic E-state index is 12.7. The van der Waals surface area contributed by atoms with Gasteiger partial charge >= 0.3 is 6.03 Å². The van der Waals surface area contributed by atoms with E-state index in [1.165, 1.54) is 25.9 Å². The van der Waals surface area contributed by atoms with Gasteiger partial charge < -0.3 is 19.5 Å². The standard InChI is InChI=1S/C19H24N4O2/c24-19(23-11-7-15(14-23)13-22-9-1-2-10-22)21-16-5-3-8-20-18(16)17-6-4-12-25-17/h3-6,8,12,15H,1-2,7,9-11,13-14H2,(H,21,24)/t15-/m0/s1. The van der Waals surface area contributed by atoms with E-state index in [9.17, 15) is 4.79 Å². The van der Waals surface area contributed by atoms with Crippen molar-refractivity contribution in [2.75, 3.05) is 38.0 Å². The number of likely N-dealkylation sites (tertiary alicyclic amines) is 2. The minimum absolute atomic E-state index is 0.0512. The normalized spacial score (nSPS) is 21.0. The van der Waals surface area contributed by atoms with Gasteiger partial charge in [0.15, 0.2) is 5.76 Å². The van der Waals surface area contributed by atoms with Gasteiger partial charge in [-0.2, -0.15) is 0 Å². The summed E-state index contributed by atoms with van der Waals surface area (Å²) in [5, 5.41) is 3.01. The quantitative estimate of drug-likeness (QED) is 0.928. The summed E-state index contributed by atoms with van der Waals surface area (Å²) >= 11 is 0. The fraction of sp³-hybridized carbons (Fsp3) is 0.474. The van der Waals surface area contributed by atoms with Crippen LogP contribution < -0.4 is 5.32 Å². The molecule has 1 N–H and O–H groups in total. The zero-order chi connectivity index (χ0) is 17.1. The van der Waals surface area contributed by atoms with Crippen molar-refractivity contribution in [3.63, 3.8) is 0 Å². The van der Waals surface area contributed by atoms with Gasteiger partial charge in [-0.25, -0.2) is 4.79 Å². The lowest BCUT2D eigenvalue weighted by molar-refractivity contribution is 0.217. The Hall–Kier alpha value is -2.34. The van der Waals surface area contributed by atoms with Crippen LogP contribution >= 0.6 is 0 Å². The molecule has 0 aliphatic carbocycles. The average molecular weight is 340 g/mol. The van der Waals surface area contributed by atoms with Crippen molar-refractivity contribution in [2.45, 2.75) is 19.3 Å². The zero-order valence-electron chi connectivity index (χ0n) is 14.4. The van der Waals surface area contributed by atoms with Crippen LogP contribution in [0.4, 0.5) is 10.5 Å². The van der Waals surface area contributed by atoms with Crippen LogP contribution in [-0.2, 0) is 0 Å². The number of hydrogen-bond acceptors (Lipinski definition) is 4. The summed E-state index contributed by atoms with van der Waals surface area (Å²) in [6, 6.07) is 7.30. The average Bonchev–Trinajstić information content (AvgIpc) is 3.39.